The summed E-state index contributed by atoms with van der Waals surface area (Å²) < 4.78 is 0. The maximum atomic E-state index is 9.85. The summed E-state index contributed by atoms with van der Waals surface area (Å²) in [5.74, 6) is 0.361. The van der Waals surface area contributed by atoms with Gasteiger partial charge in [0.2, 0.25) is 0 Å². The van der Waals surface area contributed by atoms with Crippen molar-refractivity contribution in [1.29, 1.82) is 0 Å². The van der Waals surface area contributed by atoms with E-state index < -0.39 is 0 Å². The fourth-order valence-corrected chi connectivity index (χ4v) is 2.01. The minimum Gasteiger partial charge on any atom is -0.507 e. The summed E-state index contributed by atoms with van der Waals surface area (Å²) >= 11 is 0. The second-order valence-electron chi connectivity index (χ2n) is 4.14. The van der Waals surface area contributed by atoms with Crippen molar-refractivity contribution in [3.8, 4) is 5.75 Å². The second-order valence-corrected chi connectivity index (χ2v) is 4.14. The lowest BCUT2D eigenvalue weighted by molar-refractivity contribution is 0.468. The highest BCUT2D eigenvalue weighted by Gasteiger charge is 2.09. The van der Waals surface area contributed by atoms with Gasteiger partial charge in [0.15, 0.2) is 0 Å². The summed E-state index contributed by atoms with van der Waals surface area (Å²) in [6.07, 6.45) is 0. The summed E-state index contributed by atoms with van der Waals surface area (Å²) in [5.41, 5.74) is 4.90. The zero-order valence-corrected chi connectivity index (χ0v) is 9.55. The number of aromatic nitrogens is 1. The van der Waals surface area contributed by atoms with Crippen molar-refractivity contribution in [3.05, 3.63) is 34.5 Å². The number of phenols is 1. The number of aromatic hydroxyl groups is 1. The summed E-state index contributed by atoms with van der Waals surface area (Å²) in [6, 6.07) is 4.07. The largest absolute Gasteiger partial charge is 0.507 e. The van der Waals surface area contributed by atoms with Crippen molar-refractivity contribution >= 4 is 10.9 Å². The first kappa shape index (κ1) is 9.97. The SMILES string of the molecule is Cc1cc(C)c2cc(C)c(O)c(C)c2n1. The third-order valence-electron chi connectivity index (χ3n) is 2.84. The van der Waals surface area contributed by atoms with Gasteiger partial charge in [-0.1, -0.05) is 0 Å². The van der Waals surface area contributed by atoms with Crippen molar-refractivity contribution < 1.29 is 5.11 Å². The number of fused-ring (bicyclic) bond motifs is 1. The van der Waals surface area contributed by atoms with E-state index in [1.165, 1.54) is 5.56 Å². The van der Waals surface area contributed by atoms with Crippen LogP contribution in [0.5, 0.6) is 5.75 Å². The Morgan fingerprint density at radius 1 is 1.00 bits per heavy atom. The standard InChI is InChI=1S/C13H15NO/c1-7-5-9(3)14-12-10(4)13(15)8(2)6-11(7)12/h5-6,15H,1-4H3. The zero-order valence-electron chi connectivity index (χ0n) is 9.55. The summed E-state index contributed by atoms with van der Waals surface area (Å²) in [7, 11) is 0. The lowest BCUT2D eigenvalue weighted by Gasteiger charge is -2.10. The van der Waals surface area contributed by atoms with Crippen LogP contribution in [0.3, 0.4) is 0 Å². The Kier molecular flexibility index (Phi) is 2.14. The molecule has 1 aromatic carbocycles. The molecule has 1 aromatic heterocycles. The predicted octanol–water partition coefficient (Wildman–Crippen LogP) is 3.17. The molecule has 0 atom stereocenters. The van der Waals surface area contributed by atoms with E-state index in [-0.39, 0.29) is 0 Å². The smallest absolute Gasteiger partial charge is 0.123 e. The molecule has 0 saturated carbocycles. The number of phenolic OH excluding ortho intramolecular Hbond substituents is 1. The van der Waals surface area contributed by atoms with Gasteiger partial charge in [0.25, 0.3) is 0 Å². The number of rotatable bonds is 0. The van der Waals surface area contributed by atoms with Gasteiger partial charge in [0, 0.05) is 16.6 Å². The van der Waals surface area contributed by atoms with E-state index in [0.29, 0.717) is 5.75 Å². The van der Waals surface area contributed by atoms with Crippen molar-refractivity contribution in [3.63, 3.8) is 0 Å². The van der Waals surface area contributed by atoms with Gasteiger partial charge in [-0.3, -0.25) is 4.98 Å². The van der Waals surface area contributed by atoms with Gasteiger partial charge in [-0.05, 0) is 51.0 Å². The van der Waals surface area contributed by atoms with Gasteiger partial charge in [0.05, 0.1) is 5.52 Å². The van der Waals surface area contributed by atoms with Gasteiger partial charge in [-0.2, -0.15) is 0 Å². The van der Waals surface area contributed by atoms with E-state index in [1.54, 1.807) is 0 Å². The summed E-state index contributed by atoms with van der Waals surface area (Å²) in [5, 5.41) is 11.0. The predicted molar refractivity (Wildman–Crippen MR) is 62.4 cm³/mol. The third-order valence-corrected chi connectivity index (χ3v) is 2.84. The molecule has 1 heterocycles. The molecule has 2 heteroatoms. The Balaban J connectivity index is 2.98. The first-order chi connectivity index (χ1) is 7.00. The van der Waals surface area contributed by atoms with Crippen LogP contribution in [0.2, 0.25) is 0 Å². The molecule has 0 radical (unpaired) electrons. The van der Waals surface area contributed by atoms with E-state index in [2.05, 4.69) is 18.0 Å². The van der Waals surface area contributed by atoms with Gasteiger partial charge >= 0.3 is 0 Å². The average Bonchev–Trinajstić information content (AvgIpc) is 2.17. The number of hydrogen-bond donors (Lipinski definition) is 1. The average molecular weight is 201 g/mol. The molecule has 2 nitrogen and oxygen atoms in total. The number of nitrogens with zero attached hydrogens (tertiary/aromatic N) is 1. The first-order valence-corrected chi connectivity index (χ1v) is 5.08. The molecule has 2 aromatic rings. The van der Waals surface area contributed by atoms with Gasteiger partial charge in [0.1, 0.15) is 5.75 Å². The number of pyridine rings is 1. The Bertz CT molecular complexity index is 544. The Morgan fingerprint density at radius 3 is 2.33 bits per heavy atom. The minimum atomic E-state index is 0.361. The van der Waals surface area contributed by atoms with Gasteiger partial charge in [-0.15, -0.1) is 0 Å². The van der Waals surface area contributed by atoms with Crippen LogP contribution in [0.15, 0.2) is 12.1 Å². The van der Waals surface area contributed by atoms with E-state index in [0.717, 1.165) is 27.7 Å². The quantitative estimate of drug-likeness (QED) is 0.710. The fourth-order valence-electron chi connectivity index (χ4n) is 2.01. The Hall–Kier alpha value is -1.57. The van der Waals surface area contributed by atoms with E-state index in [9.17, 15) is 5.11 Å². The molecule has 0 fully saturated rings. The molecule has 15 heavy (non-hydrogen) atoms. The van der Waals surface area contributed by atoms with E-state index in [1.807, 2.05) is 26.8 Å². The van der Waals surface area contributed by atoms with Crippen molar-refractivity contribution in [1.82, 2.24) is 4.98 Å². The molecule has 0 aliphatic carbocycles. The van der Waals surface area contributed by atoms with Gasteiger partial charge in [-0.25, -0.2) is 0 Å². The fraction of sp³-hybridized carbons (Fsp3) is 0.308. The molecule has 0 spiro atoms. The van der Waals surface area contributed by atoms with Crippen LogP contribution in [0, 0.1) is 27.7 Å². The normalized spacial score (nSPS) is 10.9. The van der Waals surface area contributed by atoms with Crippen LogP contribution in [-0.4, -0.2) is 10.1 Å². The highest BCUT2D eigenvalue weighted by molar-refractivity contribution is 5.87. The number of hydrogen-bond acceptors (Lipinski definition) is 2. The monoisotopic (exact) mass is 201 g/mol. The molecular formula is C13H15NO. The van der Waals surface area contributed by atoms with Crippen molar-refractivity contribution in [2.75, 3.05) is 0 Å². The highest BCUT2D eigenvalue weighted by atomic mass is 16.3. The van der Waals surface area contributed by atoms with E-state index in [4.69, 9.17) is 0 Å². The van der Waals surface area contributed by atoms with Crippen LogP contribution in [0.1, 0.15) is 22.4 Å². The number of benzene rings is 1. The first-order valence-electron chi connectivity index (χ1n) is 5.08. The summed E-state index contributed by atoms with van der Waals surface area (Å²) in [6.45, 7) is 7.88. The third kappa shape index (κ3) is 1.46. The van der Waals surface area contributed by atoms with Crippen LogP contribution in [0.25, 0.3) is 10.9 Å². The van der Waals surface area contributed by atoms with E-state index >= 15 is 0 Å². The molecular weight excluding hydrogens is 186 g/mol. The molecule has 0 unspecified atom stereocenters. The lowest BCUT2D eigenvalue weighted by atomic mass is 10.0. The van der Waals surface area contributed by atoms with Crippen molar-refractivity contribution in [2.24, 2.45) is 0 Å². The van der Waals surface area contributed by atoms with Crippen LogP contribution in [-0.2, 0) is 0 Å². The Morgan fingerprint density at radius 2 is 1.67 bits per heavy atom. The molecule has 0 aliphatic rings. The van der Waals surface area contributed by atoms with Gasteiger partial charge < -0.3 is 5.11 Å². The van der Waals surface area contributed by atoms with Crippen LogP contribution >= 0.6 is 0 Å². The Labute approximate surface area is 89.6 Å². The van der Waals surface area contributed by atoms with Crippen LogP contribution < -0.4 is 0 Å². The highest BCUT2D eigenvalue weighted by Crippen LogP contribution is 2.30. The topological polar surface area (TPSA) is 33.1 Å². The maximum Gasteiger partial charge on any atom is 0.123 e. The molecule has 0 aliphatic heterocycles. The zero-order chi connectivity index (χ0) is 11.2. The van der Waals surface area contributed by atoms with Crippen LogP contribution in [0.4, 0.5) is 0 Å². The molecule has 1 N–H and O–H groups in total. The molecule has 2 rings (SSSR count). The number of aryl methyl sites for hydroxylation is 4. The summed E-state index contributed by atoms with van der Waals surface area (Å²) in [4.78, 5) is 4.48. The second kappa shape index (κ2) is 3.23. The minimum absolute atomic E-state index is 0.361. The molecule has 0 saturated heterocycles. The van der Waals surface area contributed by atoms with Crippen molar-refractivity contribution in [2.45, 2.75) is 27.7 Å². The molecule has 0 amide bonds. The lowest BCUT2D eigenvalue weighted by Crippen LogP contribution is -1.92. The maximum absolute atomic E-state index is 9.85. The molecule has 0 bridgehead atoms. The molecule has 78 valence electrons.